The first kappa shape index (κ1) is 18.4. The lowest BCUT2D eigenvalue weighted by Crippen LogP contribution is -2.43. The fourth-order valence-corrected chi connectivity index (χ4v) is 1.74. The zero-order chi connectivity index (χ0) is 17.1. The Hall–Kier alpha value is -1.67. The van der Waals surface area contributed by atoms with E-state index < -0.39 is 24.9 Å². The number of aliphatic hydroxyl groups excluding tert-OH is 1. The first-order valence-corrected chi connectivity index (χ1v) is 6.55. The fourth-order valence-electron chi connectivity index (χ4n) is 1.59. The monoisotopic (exact) mass is 340 g/mol. The van der Waals surface area contributed by atoms with Gasteiger partial charge >= 0.3 is 12.2 Å². The Bertz CT molecular complexity index is 552. The summed E-state index contributed by atoms with van der Waals surface area (Å²) in [6, 6.07) is 2.20. The molecule has 124 valence electrons. The summed E-state index contributed by atoms with van der Waals surface area (Å²) in [7, 11) is 2.51. The van der Waals surface area contributed by atoms with Crippen molar-refractivity contribution in [1.29, 1.82) is 0 Å². The van der Waals surface area contributed by atoms with Gasteiger partial charge in [0.05, 0.1) is 19.3 Å². The molecule has 1 aromatic carbocycles. The number of likely N-dealkylation sites (N-methyl/N-ethyl adjacent to an activating group) is 1. The summed E-state index contributed by atoms with van der Waals surface area (Å²) >= 11 is 5.92. The van der Waals surface area contributed by atoms with Gasteiger partial charge < -0.3 is 20.1 Å². The van der Waals surface area contributed by atoms with Crippen molar-refractivity contribution < 1.29 is 27.8 Å². The van der Waals surface area contributed by atoms with E-state index in [1.54, 1.807) is 6.92 Å². The van der Waals surface area contributed by atoms with Gasteiger partial charge in [-0.3, -0.25) is 0 Å². The molecule has 2 amide bonds. The number of aliphatic hydroxyl groups is 1. The molecule has 5 nitrogen and oxygen atoms in total. The van der Waals surface area contributed by atoms with Crippen molar-refractivity contribution in [2.75, 3.05) is 26.0 Å². The van der Waals surface area contributed by atoms with Gasteiger partial charge in [0.15, 0.2) is 6.10 Å². The number of urea groups is 1. The lowest BCUT2D eigenvalue weighted by molar-refractivity contribution is -0.205. The highest BCUT2D eigenvalue weighted by Gasteiger charge is 2.39. The quantitative estimate of drug-likeness (QED) is 0.885. The zero-order valence-corrected chi connectivity index (χ0v) is 12.9. The van der Waals surface area contributed by atoms with Crippen LogP contribution in [0.2, 0.25) is 5.02 Å². The summed E-state index contributed by atoms with van der Waals surface area (Å²) < 4.78 is 41.9. The molecule has 9 heteroatoms. The SMILES string of the molecule is COc1cc(Cl)c(C)cc1NC(=O)N(C)C[C@@H](O)C(F)(F)F. The van der Waals surface area contributed by atoms with Crippen LogP contribution in [0.5, 0.6) is 5.75 Å². The van der Waals surface area contributed by atoms with Gasteiger partial charge in [0.2, 0.25) is 0 Å². The molecule has 0 aliphatic heterocycles. The Balaban J connectivity index is 2.82. The predicted molar refractivity (Wildman–Crippen MR) is 76.5 cm³/mol. The van der Waals surface area contributed by atoms with Crippen LogP contribution < -0.4 is 10.1 Å². The zero-order valence-electron chi connectivity index (χ0n) is 12.2. The largest absolute Gasteiger partial charge is 0.495 e. The number of methoxy groups -OCH3 is 1. The van der Waals surface area contributed by atoms with Crippen LogP contribution in [0.25, 0.3) is 0 Å². The van der Waals surface area contributed by atoms with Crippen LogP contribution in [0.15, 0.2) is 12.1 Å². The molecule has 0 spiro atoms. The molecule has 0 saturated heterocycles. The van der Waals surface area contributed by atoms with Gasteiger partial charge in [0, 0.05) is 18.1 Å². The van der Waals surface area contributed by atoms with E-state index in [9.17, 15) is 18.0 Å². The molecule has 0 bridgehead atoms. The number of amides is 2. The second-order valence-corrected chi connectivity index (χ2v) is 5.08. The van der Waals surface area contributed by atoms with Crippen LogP contribution in [0.3, 0.4) is 0 Å². The number of hydrogen-bond donors (Lipinski definition) is 2. The molecule has 0 unspecified atom stereocenters. The van der Waals surface area contributed by atoms with Crippen molar-refractivity contribution in [3.05, 3.63) is 22.7 Å². The number of carbonyl (C=O) groups excluding carboxylic acids is 1. The minimum absolute atomic E-state index is 0.266. The van der Waals surface area contributed by atoms with Crippen molar-refractivity contribution in [1.82, 2.24) is 4.90 Å². The van der Waals surface area contributed by atoms with Crippen LogP contribution in [-0.2, 0) is 0 Å². The number of halogens is 4. The molecule has 0 heterocycles. The summed E-state index contributed by atoms with van der Waals surface area (Å²) in [6.45, 7) is 0.818. The maximum atomic E-state index is 12.3. The molecule has 0 radical (unpaired) electrons. The predicted octanol–water partition coefficient (Wildman–Crippen LogP) is 3.04. The molecule has 0 aliphatic rings. The van der Waals surface area contributed by atoms with Crippen LogP contribution in [0, 0.1) is 6.92 Å². The number of nitrogens with one attached hydrogen (secondary N) is 1. The van der Waals surface area contributed by atoms with E-state index >= 15 is 0 Å². The summed E-state index contributed by atoms with van der Waals surface area (Å²) in [5, 5.41) is 11.8. The van der Waals surface area contributed by atoms with Gasteiger partial charge in [0.1, 0.15) is 5.75 Å². The summed E-state index contributed by atoms with van der Waals surface area (Å²) in [5.74, 6) is 0.272. The second kappa shape index (κ2) is 7.06. The molecule has 1 aromatic rings. The first-order chi connectivity index (χ1) is 10.1. The highest BCUT2D eigenvalue weighted by Crippen LogP contribution is 2.31. The van der Waals surface area contributed by atoms with E-state index in [0.717, 1.165) is 11.9 Å². The lowest BCUT2D eigenvalue weighted by atomic mass is 10.2. The third kappa shape index (κ3) is 4.67. The molecule has 1 rings (SSSR count). The Labute approximate surface area is 130 Å². The van der Waals surface area contributed by atoms with Crippen LogP contribution in [0.1, 0.15) is 5.56 Å². The van der Waals surface area contributed by atoms with Gasteiger partial charge in [-0.2, -0.15) is 13.2 Å². The van der Waals surface area contributed by atoms with E-state index in [2.05, 4.69) is 5.32 Å². The number of alkyl halides is 3. The van der Waals surface area contributed by atoms with Crippen molar-refractivity contribution in [3.63, 3.8) is 0 Å². The van der Waals surface area contributed by atoms with Gasteiger partial charge in [-0.1, -0.05) is 11.6 Å². The summed E-state index contributed by atoms with van der Waals surface area (Å²) in [5.41, 5.74) is 0.929. The maximum Gasteiger partial charge on any atom is 0.416 e. The number of hydrogen-bond acceptors (Lipinski definition) is 3. The Kier molecular flexibility index (Phi) is 5.90. The van der Waals surface area contributed by atoms with E-state index in [4.69, 9.17) is 21.4 Å². The normalized spacial score (nSPS) is 12.7. The van der Waals surface area contributed by atoms with Crippen molar-refractivity contribution >= 4 is 23.3 Å². The standard InChI is InChI=1S/C13H16ClF3N2O3/c1-7-4-9(10(22-3)5-8(7)14)18-12(21)19(2)6-11(20)13(15,16)17/h4-5,11,20H,6H2,1-3H3,(H,18,21)/t11-/m1/s1. The summed E-state index contributed by atoms with van der Waals surface area (Å²) in [4.78, 5) is 12.6. The number of carbonyl (C=O) groups is 1. The van der Waals surface area contributed by atoms with Crippen molar-refractivity contribution in [2.24, 2.45) is 0 Å². The minimum atomic E-state index is -4.79. The molecule has 0 aromatic heterocycles. The first-order valence-electron chi connectivity index (χ1n) is 6.17. The number of ether oxygens (including phenoxy) is 1. The van der Waals surface area contributed by atoms with Gasteiger partial charge in [-0.15, -0.1) is 0 Å². The maximum absolute atomic E-state index is 12.3. The summed E-state index contributed by atoms with van der Waals surface area (Å²) in [6.07, 6.45) is -7.40. The Morgan fingerprint density at radius 3 is 2.59 bits per heavy atom. The molecular formula is C13H16ClF3N2O3. The molecule has 1 atom stereocenters. The molecular weight excluding hydrogens is 325 g/mol. The third-order valence-corrected chi connectivity index (χ3v) is 3.30. The fraction of sp³-hybridized carbons (Fsp3) is 0.462. The van der Waals surface area contributed by atoms with Gasteiger partial charge in [-0.05, 0) is 18.6 Å². The highest BCUT2D eigenvalue weighted by molar-refractivity contribution is 6.31. The average Bonchev–Trinajstić information content (AvgIpc) is 2.41. The Morgan fingerprint density at radius 1 is 1.50 bits per heavy atom. The van der Waals surface area contributed by atoms with Crippen LogP contribution in [0.4, 0.5) is 23.7 Å². The number of rotatable bonds is 4. The topological polar surface area (TPSA) is 61.8 Å². The van der Waals surface area contributed by atoms with E-state index in [1.807, 2.05) is 0 Å². The molecule has 0 aliphatic carbocycles. The molecule has 0 saturated carbocycles. The van der Waals surface area contributed by atoms with Gasteiger partial charge in [0.25, 0.3) is 0 Å². The number of anilines is 1. The molecule has 2 N–H and O–H groups in total. The Morgan fingerprint density at radius 2 is 2.09 bits per heavy atom. The second-order valence-electron chi connectivity index (χ2n) is 4.67. The number of nitrogens with zero attached hydrogens (tertiary/aromatic N) is 1. The number of benzene rings is 1. The lowest BCUT2D eigenvalue weighted by Gasteiger charge is -2.23. The van der Waals surface area contributed by atoms with E-state index in [-0.39, 0.29) is 11.4 Å². The number of aryl methyl sites for hydroxylation is 1. The highest BCUT2D eigenvalue weighted by atomic mass is 35.5. The van der Waals surface area contributed by atoms with Crippen molar-refractivity contribution in [2.45, 2.75) is 19.2 Å². The van der Waals surface area contributed by atoms with Crippen molar-refractivity contribution in [3.8, 4) is 5.75 Å². The van der Waals surface area contributed by atoms with E-state index in [1.165, 1.54) is 19.2 Å². The smallest absolute Gasteiger partial charge is 0.416 e. The minimum Gasteiger partial charge on any atom is -0.495 e. The van der Waals surface area contributed by atoms with Crippen LogP contribution in [-0.4, -0.2) is 49.0 Å². The van der Waals surface area contributed by atoms with Gasteiger partial charge in [-0.25, -0.2) is 4.79 Å². The molecule has 0 fully saturated rings. The molecule has 22 heavy (non-hydrogen) atoms. The van der Waals surface area contributed by atoms with Crippen LogP contribution >= 0.6 is 11.6 Å². The average molecular weight is 341 g/mol. The van der Waals surface area contributed by atoms with E-state index in [0.29, 0.717) is 10.6 Å². The third-order valence-electron chi connectivity index (χ3n) is 2.89.